The predicted molar refractivity (Wildman–Crippen MR) is 55.1 cm³/mol. The maximum absolute atomic E-state index is 10.4. The largest absolute Gasteiger partial charge is 0.385 e. The quantitative estimate of drug-likeness (QED) is 0.714. The monoisotopic (exact) mass is 177 g/mol. The molecule has 1 N–H and O–H groups in total. The summed E-state index contributed by atoms with van der Waals surface area (Å²) in [4.78, 5) is 10.4. The van der Waals surface area contributed by atoms with Crippen LogP contribution in [0.1, 0.15) is 18.1 Å². The number of nitrogens with one attached hydrogen (secondary N) is 1. The first kappa shape index (κ1) is 9.78. The molecule has 0 atom stereocenters. The summed E-state index contributed by atoms with van der Waals surface area (Å²) in [6.45, 7) is 4.96. The molecule has 0 spiro atoms. The lowest BCUT2D eigenvalue weighted by molar-refractivity contribution is -0.107. The SMILES string of the molecule is CCNc1ccc(C)cc1CC=O. The number of hydrogen-bond donors (Lipinski definition) is 1. The molecule has 0 aliphatic carbocycles. The highest BCUT2D eigenvalue weighted by Crippen LogP contribution is 2.16. The number of benzene rings is 1. The topological polar surface area (TPSA) is 29.1 Å². The smallest absolute Gasteiger partial charge is 0.124 e. The average Bonchev–Trinajstić information content (AvgIpc) is 2.10. The van der Waals surface area contributed by atoms with E-state index in [-0.39, 0.29) is 0 Å². The molecule has 0 saturated carbocycles. The van der Waals surface area contributed by atoms with E-state index in [0.717, 1.165) is 24.1 Å². The van der Waals surface area contributed by atoms with Gasteiger partial charge in [-0.25, -0.2) is 0 Å². The minimum Gasteiger partial charge on any atom is -0.385 e. The summed E-state index contributed by atoms with van der Waals surface area (Å²) < 4.78 is 0. The molecule has 0 aliphatic rings. The van der Waals surface area contributed by atoms with Crippen molar-refractivity contribution < 1.29 is 4.79 Å². The lowest BCUT2D eigenvalue weighted by atomic mass is 10.1. The van der Waals surface area contributed by atoms with Crippen LogP contribution in [0.25, 0.3) is 0 Å². The molecule has 0 aliphatic heterocycles. The number of hydrogen-bond acceptors (Lipinski definition) is 2. The fraction of sp³-hybridized carbons (Fsp3) is 0.364. The molecular weight excluding hydrogens is 162 g/mol. The lowest BCUT2D eigenvalue weighted by Crippen LogP contribution is -2.01. The minimum atomic E-state index is 0.490. The van der Waals surface area contributed by atoms with E-state index < -0.39 is 0 Å². The van der Waals surface area contributed by atoms with Gasteiger partial charge in [-0.2, -0.15) is 0 Å². The van der Waals surface area contributed by atoms with E-state index in [0.29, 0.717) is 6.42 Å². The Bertz CT molecular complexity index is 294. The van der Waals surface area contributed by atoms with E-state index >= 15 is 0 Å². The second-order valence-electron chi connectivity index (χ2n) is 3.06. The average molecular weight is 177 g/mol. The number of carbonyl (C=O) groups is 1. The Morgan fingerprint density at radius 3 is 2.85 bits per heavy atom. The summed E-state index contributed by atoms with van der Waals surface area (Å²) in [7, 11) is 0. The zero-order chi connectivity index (χ0) is 9.68. The second kappa shape index (κ2) is 4.65. The molecule has 70 valence electrons. The number of anilines is 1. The molecule has 2 heteroatoms. The van der Waals surface area contributed by atoms with Crippen LogP contribution in [-0.4, -0.2) is 12.8 Å². The first-order valence-electron chi connectivity index (χ1n) is 4.55. The molecule has 1 rings (SSSR count). The standard InChI is InChI=1S/C11H15NO/c1-3-12-11-5-4-9(2)8-10(11)6-7-13/h4-5,7-8,12H,3,6H2,1-2H3. The van der Waals surface area contributed by atoms with Crippen LogP contribution in [0.3, 0.4) is 0 Å². The van der Waals surface area contributed by atoms with Gasteiger partial charge in [0, 0.05) is 18.7 Å². The molecule has 0 radical (unpaired) electrons. The Labute approximate surface area is 79.0 Å². The molecule has 13 heavy (non-hydrogen) atoms. The Morgan fingerprint density at radius 1 is 1.46 bits per heavy atom. The van der Waals surface area contributed by atoms with Crippen LogP contribution in [0.5, 0.6) is 0 Å². The van der Waals surface area contributed by atoms with Crippen LogP contribution in [0.4, 0.5) is 5.69 Å². The third kappa shape index (κ3) is 2.58. The van der Waals surface area contributed by atoms with Crippen LogP contribution in [0.15, 0.2) is 18.2 Å². The van der Waals surface area contributed by atoms with E-state index in [4.69, 9.17) is 0 Å². The van der Waals surface area contributed by atoms with Crippen molar-refractivity contribution in [3.05, 3.63) is 29.3 Å². The first-order valence-corrected chi connectivity index (χ1v) is 4.55. The van der Waals surface area contributed by atoms with Gasteiger partial charge in [0.1, 0.15) is 6.29 Å². The third-order valence-corrected chi connectivity index (χ3v) is 1.93. The molecule has 0 bridgehead atoms. The van der Waals surface area contributed by atoms with Crippen LogP contribution >= 0.6 is 0 Å². The first-order chi connectivity index (χ1) is 6.27. The van der Waals surface area contributed by atoms with Crippen molar-refractivity contribution in [2.75, 3.05) is 11.9 Å². The van der Waals surface area contributed by atoms with Crippen LogP contribution in [0.2, 0.25) is 0 Å². The molecule has 1 aromatic rings. The highest BCUT2D eigenvalue weighted by molar-refractivity contribution is 5.63. The highest BCUT2D eigenvalue weighted by Gasteiger charge is 2.00. The fourth-order valence-corrected chi connectivity index (χ4v) is 1.34. The normalized spacial score (nSPS) is 9.69. The molecule has 1 aromatic carbocycles. The minimum absolute atomic E-state index is 0.490. The Balaban J connectivity index is 2.95. The lowest BCUT2D eigenvalue weighted by Gasteiger charge is -2.09. The van der Waals surface area contributed by atoms with Crippen LogP contribution in [0, 0.1) is 6.92 Å². The van der Waals surface area contributed by atoms with Crippen molar-refractivity contribution in [1.29, 1.82) is 0 Å². The van der Waals surface area contributed by atoms with Gasteiger partial charge >= 0.3 is 0 Å². The fourth-order valence-electron chi connectivity index (χ4n) is 1.34. The molecule has 0 aromatic heterocycles. The summed E-state index contributed by atoms with van der Waals surface area (Å²) in [5.74, 6) is 0. The summed E-state index contributed by atoms with van der Waals surface area (Å²) in [6, 6.07) is 6.12. The molecule has 0 amide bonds. The Kier molecular flexibility index (Phi) is 3.50. The number of carbonyl (C=O) groups excluding carboxylic acids is 1. The van der Waals surface area contributed by atoms with Crippen molar-refractivity contribution in [3.63, 3.8) is 0 Å². The van der Waals surface area contributed by atoms with E-state index in [1.165, 1.54) is 5.56 Å². The van der Waals surface area contributed by atoms with Gasteiger partial charge in [-0.1, -0.05) is 17.7 Å². The second-order valence-corrected chi connectivity index (χ2v) is 3.06. The van der Waals surface area contributed by atoms with Crippen molar-refractivity contribution >= 4 is 12.0 Å². The Morgan fingerprint density at radius 2 is 2.23 bits per heavy atom. The van der Waals surface area contributed by atoms with Gasteiger partial charge in [0.05, 0.1) is 0 Å². The zero-order valence-electron chi connectivity index (χ0n) is 8.13. The van der Waals surface area contributed by atoms with Gasteiger partial charge in [0.15, 0.2) is 0 Å². The van der Waals surface area contributed by atoms with Crippen LogP contribution < -0.4 is 5.32 Å². The molecule has 0 saturated heterocycles. The van der Waals surface area contributed by atoms with E-state index in [9.17, 15) is 4.79 Å². The van der Waals surface area contributed by atoms with E-state index in [1.54, 1.807) is 0 Å². The maximum Gasteiger partial charge on any atom is 0.124 e. The number of aryl methyl sites for hydroxylation is 1. The zero-order valence-corrected chi connectivity index (χ0v) is 8.13. The number of aldehydes is 1. The summed E-state index contributed by atoms with van der Waals surface area (Å²) >= 11 is 0. The predicted octanol–water partition coefficient (Wildman–Crippen LogP) is 2.17. The van der Waals surface area contributed by atoms with E-state index in [1.807, 2.05) is 32.0 Å². The van der Waals surface area contributed by atoms with Gasteiger partial charge in [0.2, 0.25) is 0 Å². The Hall–Kier alpha value is -1.31. The van der Waals surface area contributed by atoms with E-state index in [2.05, 4.69) is 5.32 Å². The molecule has 0 fully saturated rings. The van der Waals surface area contributed by atoms with Crippen molar-refractivity contribution in [2.45, 2.75) is 20.3 Å². The van der Waals surface area contributed by atoms with Gasteiger partial charge in [-0.05, 0) is 25.5 Å². The summed E-state index contributed by atoms with van der Waals surface area (Å²) in [5, 5.41) is 3.23. The van der Waals surface area contributed by atoms with Gasteiger partial charge in [0.25, 0.3) is 0 Å². The maximum atomic E-state index is 10.4. The highest BCUT2D eigenvalue weighted by atomic mass is 16.1. The van der Waals surface area contributed by atoms with Gasteiger partial charge < -0.3 is 10.1 Å². The van der Waals surface area contributed by atoms with Crippen molar-refractivity contribution in [1.82, 2.24) is 0 Å². The summed E-state index contributed by atoms with van der Waals surface area (Å²) in [5.41, 5.74) is 3.34. The summed E-state index contributed by atoms with van der Waals surface area (Å²) in [6.07, 6.45) is 1.43. The number of rotatable bonds is 4. The molecule has 2 nitrogen and oxygen atoms in total. The van der Waals surface area contributed by atoms with Crippen molar-refractivity contribution in [3.8, 4) is 0 Å². The van der Waals surface area contributed by atoms with Crippen molar-refractivity contribution in [2.24, 2.45) is 0 Å². The van der Waals surface area contributed by atoms with Crippen LogP contribution in [-0.2, 0) is 11.2 Å². The molecular formula is C11H15NO. The third-order valence-electron chi connectivity index (χ3n) is 1.93. The van der Waals surface area contributed by atoms with Gasteiger partial charge in [-0.15, -0.1) is 0 Å². The molecule has 0 unspecified atom stereocenters. The molecule has 0 heterocycles. The van der Waals surface area contributed by atoms with Gasteiger partial charge in [-0.3, -0.25) is 0 Å².